The number of nitro groups is 1. The highest BCUT2D eigenvalue weighted by Gasteiger charge is 2.32. The highest BCUT2D eigenvalue weighted by Crippen LogP contribution is 2.26. The third kappa shape index (κ3) is 3.99. The maximum Gasteiger partial charge on any atom is 0.269 e. The van der Waals surface area contributed by atoms with E-state index in [1.807, 2.05) is 19.1 Å². The fourth-order valence-corrected chi connectivity index (χ4v) is 5.22. The van der Waals surface area contributed by atoms with Crippen LogP contribution in [0.15, 0.2) is 59.6 Å². The number of non-ortho nitro benzene ring substituents is 1. The second-order valence-electron chi connectivity index (χ2n) is 7.34. The molecule has 1 aromatic heterocycles. The lowest BCUT2D eigenvalue weighted by Gasteiger charge is -2.34. The van der Waals surface area contributed by atoms with E-state index in [0.29, 0.717) is 11.1 Å². The molecule has 1 aliphatic heterocycles. The van der Waals surface area contributed by atoms with Gasteiger partial charge in [0.15, 0.2) is 0 Å². The van der Waals surface area contributed by atoms with Crippen LogP contribution in [0.5, 0.6) is 0 Å². The Morgan fingerprint density at radius 2 is 1.74 bits per heavy atom. The van der Waals surface area contributed by atoms with Crippen LogP contribution in [0.1, 0.15) is 15.9 Å². The molecule has 0 radical (unpaired) electrons. The van der Waals surface area contributed by atoms with Crippen LogP contribution in [0.2, 0.25) is 0 Å². The summed E-state index contributed by atoms with van der Waals surface area (Å²) in [6.07, 6.45) is 1.64. The molecule has 0 N–H and O–H groups in total. The van der Waals surface area contributed by atoms with Gasteiger partial charge in [0.2, 0.25) is 10.0 Å². The van der Waals surface area contributed by atoms with Crippen molar-refractivity contribution in [3.63, 3.8) is 0 Å². The molecule has 4 rings (SSSR count). The average Bonchev–Trinajstić information content (AvgIpc) is 2.78. The monoisotopic (exact) mass is 440 g/mol. The van der Waals surface area contributed by atoms with E-state index in [9.17, 15) is 23.3 Å². The lowest BCUT2D eigenvalue weighted by atomic mass is 10.1. The van der Waals surface area contributed by atoms with Gasteiger partial charge >= 0.3 is 0 Å². The molecule has 31 heavy (non-hydrogen) atoms. The zero-order valence-corrected chi connectivity index (χ0v) is 17.6. The number of amides is 1. The molecular weight excluding hydrogens is 420 g/mol. The van der Waals surface area contributed by atoms with Crippen LogP contribution >= 0.6 is 0 Å². The number of nitrogens with zero attached hydrogens (tertiary/aromatic N) is 4. The van der Waals surface area contributed by atoms with Crippen molar-refractivity contribution < 1.29 is 18.1 Å². The maximum atomic E-state index is 13.3. The van der Waals surface area contributed by atoms with E-state index >= 15 is 0 Å². The fraction of sp³-hybridized carbons (Fsp3) is 0.238. The zero-order chi connectivity index (χ0) is 22.2. The number of para-hydroxylation sites is 1. The largest absolute Gasteiger partial charge is 0.336 e. The summed E-state index contributed by atoms with van der Waals surface area (Å²) in [6.45, 7) is 2.67. The number of aryl methyl sites for hydroxylation is 1. The van der Waals surface area contributed by atoms with E-state index in [-0.39, 0.29) is 42.7 Å². The van der Waals surface area contributed by atoms with Crippen molar-refractivity contribution >= 4 is 32.5 Å². The van der Waals surface area contributed by atoms with Crippen LogP contribution < -0.4 is 0 Å². The van der Waals surface area contributed by atoms with E-state index in [2.05, 4.69) is 4.98 Å². The molecular formula is C21H20N4O5S. The smallest absolute Gasteiger partial charge is 0.269 e. The van der Waals surface area contributed by atoms with Gasteiger partial charge in [-0.05, 0) is 36.8 Å². The van der Waals surface area contributed by atoms with Crippen LogP contribution in [0.25, 0.3) is 10.9 Å². The average molecular weight is 440 g/mol. The molecule has 0 atom stereocenters. The number of sulfonamides is 1. The van der Waals surface area contributed by atoms with Crippen LogP contribution in [0, 0.1) is 17.0 Å². The number of nitro benzene ring substituents is 1. The summed E-state index contributed by atoms with van der Waals surface area (Å²) in [5.41, 5.74) is 1.61. The van der Waals surface area contributed by atoms with E-state index in [4.69, 9.17) is 0 Å². The Labute approximate surface area is 179 Å². The van der Waals surface area contributed by atoms with Crippen LogP contribution in [0.3, 0.4) is 0 Å². The molecule has 2 aromatic carbocycles. The Bertz CT molecular complexity index is 1270. The molecule has 0 saturated carbocycles. The van der Waals surface area contributed by atoms with E-state index < -0.39 is 14.9 Å². The molecule has 0 bridgehead atoms. The van der Waals surface area contributed by atoms with Gasteiger partial charge in [0, 0.05) is 55.5 Å². The molecule has 1 aliphatic rings. The van der Waals surface area contributed by atoms with Crippen molar-refractivity contribution in [3.05, 3.63) is 76.0 Å². The molecule has 1 fully saturated rings. The van der Waals surface area contributed by atoms with E-state index in [0.717, 1.165) is 10.9 Å². The Kier molecular flexibility index (Phi) is 5.42. The predicted octanol–water partition coefficient (Wildman–Crippen LogP) is 2.60. The molecule has 0 unspecified atom stereocenters. The quantitative estimate of drug-likeness (QED) is 0.455. The van der Waals surface area contributed by atoms with Crippen molar-refractivity contribution in [1.29, 1.82) is 0 Å². The maximum absolute atomic E-state index is 13.3. The molecule has 3 aromatic rings. The van der Waals surface area contributed by atoms with Gasteiger partial charge in [-0.25, -0.2) is 8.42 Å². The van der Waals surface area contributed by atoms with Gasteiger partial charge in [-0.1, -0.05) is 12.1 Å². The molecule has 1 amide bonds. The summed E-state index contributed by atoms with van der Waals surface area (Å²) >= 11 is 0. The number of benzene rings is 2. The number of aromatic nitrogens is 1. The van der Waals surface area contributed by atoms with Crippen molar-refractivity contribution in [2.45, 2.75) is 11.8 Å². The topological polar surface area (TPSA) is 114 Å². The van der Waals surface area contributed by atoms with Crippen molar-refractivity contribution in [3.8, 4) is 0 Å². The van der Waals surface area contributed by atoms with Gasteiger partial charge in [0.05, 0.1) is 10.4 Å². The minimum Gasteiger partial charge on any atom is -0.336 e. The first-order valence-corrected chi connectivity index (χ1v) is 11.1. The standard InChI is InChI=1S/C21H20N4O5S/c1-15-13-17-3-2-4-19(20(17)22-14-15)31(29,30)24-11-9-23(10-12-24)21(26)16-5-7-18(8-6-16)25(27)28/h2-8,13-14H,9-12H2,1H3. The summed E-state index contributed by atoms with van der Waals surface area (Å²) in [4.78, 5) is 29.0. The first-order valence-electron chi connectivity index (χ1n) is 9.66. The molecule has 9 nitrogen and oxygen atoms in total. The van der Waals surface area contributed by atoms with E-state index in [1.165, 1.54) is 28.6 Å². The first-order chi connectivity index (χ1) is 14.8. The third-order valence-electron chi connectivity index (χ3n) is 5.28. The second-order valence-corrected chi connectivity index (χ2v) is 9.25. The summed E-state index contributed by atoms with van der Waals surface area (Å²) in [7, 11) is -3.77. The van der Waals surface area contributed by atoms with Gasteiger partial charge in [-0.2, -0.15) is 4.31 Å². The summed E-state index contributed by atoms with van der Waals surface area (Å²) in [5, 5.41) is 11.5. The summed E-state index contributed by atoms with van der Waals surface area (Å²) < 4.78 is 27.9. The molecule has 160 valence electrons. The van der Waals surface area contributed by atoms with Crippen LogP contribution in [0.4, 0.5) is 5.69 Å². The number of rotatable bonds is 4. The predicted molar refractivity (Wildman–Crippen MR) is 114 cm³/mol. The normalized spacial score (nSPS) is 15.2. The fourth-order valence-electron chi connectivity index (χ4n) is 3.63. The Morgan fingerprint density at radius 1 is 1.06 bits per heavy atom. The summed E-state index contributed by atoms with van der Waals surface area (Å²) in [5.74, 6) is -0.283. The Balaban J connectivity index is 1.50. The number of pyridine rings is 1. The number of fused-ring (bicyclic) bond motifs is 1. The zero-order valence-electron chi connectivity index (χ0n) is 16.8. The van der Waals surface area contributed by atoms with Crippen molar-refractivity contribution in [1.82, 2.24) is 14.2 Å². The van der Waals surface area contributed by atoms with Gasteiger partial charge in [-0.15, -0.1) is 0 Å². The number of hydrogen-bond acceptors (Lipinski definition) is 6. The lowest BCUT2D eigenvalue weighted by molar-refractivity contribution is -0.384. The second kappa shape index (κ2) is 8.05. The number of carbonyl (C=O) groups is 1. The highest BCUT2D eigenvalue weighted by molar-refractivity contribution is 7.89. The Morgan fingerprint density at radius 3 is 2.39 bits per heavy atom. The molecule has 0 aliphatic carbocycles. The van der Waals surface area contributed by atoms with Crippen LogP contribution in [-0.2, 0) is 10.0 Å². The van der Waals surface area contributed by atoms with Gasteiger partial charge in [-0.3, -0.25) is 19.9 Å². The number of piperazine rings is 1. The van der Waals surface area contributed by atoms with Gasteiger partial charge in [0.25, 0.3) is 11.6 Å². The minimum atomic E-state index is -3.77. The SMILES string of the molecule is Cc1cnc2c(S(=O)(=O)N3CCN(C(=O)c4ccc([N+](=O)[O-])cc4)CC3)cccc2c1. The third-order valence-corrected chi connectivity index (χ3v) is 7.21. The van der Waals surface area contributed by atoms with Gasteiger partial charge in [0.1, 0.15) is 4.90 Å². The summed E-state index contributed by atoms with van der Waals surface area (Å²) in [6, 6.07) is 12.4. The highest BCUT2D eigenvalue weighted by atomic mass is 32.2. The minimum absolute atomic E-state index is 0.0913. The molecule has 1 saturated heterocycles. The Hall–Kier alpha value is -3.37. The van der Waals surface area contributed by atoms with E-state index in [1.54, 1.807) is 23.2 Å². The molecule has 0 spiro atoms. The number of carbonyl (C=O) groups excluding carboxylic acids is 1. The van der Waals surface area contributed by atoms with Crippen molar-refractivity contribution in [2.75, 3.05) is 26.2 Å². The van der Waals surface area contributed by atoms with Gasteiger partial charge < -0.3 is 4.90 Å². The molecule has 2 heterocycles. The first kappa shape index (κ1) is 20.9. The van der Waals surface area contributed by atoms with Crippen LogP contribution in [-0.4, -0.2) is 59.6 Å². The molecule has 10 heteroatoms. The van der Waals surface area contributed by atoms with Crippen molar-refractivity contribution in [2.24, 2.45) is 0 Å². The lowest BCUT2D eigenvalue weighted by Crippen LogP contribution is -2.50. The number of hydrogen-bond donors (Lipinski definition) is 0.